The fourth-order valence-corrected chi connectivity index (χ4v) is 5.87. The van der Waals surface area contributed by atoms with Crippen LogP contribution in [0.1, 0.15) is 44.9 Å². The lowest BCUT2D eigenvalue weighted by molar-refractivity contribution is -0.107. The number of fused-ring (bicyclic) bond motifs is 1. The van der Waals surface area contributed by atoms with E-state index in [2.05, 4.69) is 22.0 Å². The number of hydrogen-bond acceptors (Lipinski definition) is 5. The Morgan fingerprint density at radius 2 is 2.09 bits per heavy atom. The molecule has 0 saturated carbocycles. The van der Waals surface area contributed by atoms with Gasteiger partial charge in [-0.05, 0) is 68.9 Å². The van der Waals surface area contributed by atoms with Gasteiger partial charge in [-0.3, -0.25) is 9.89 Å². The molecule has 4 unspecified atom stereocenters. The molecule has 0 bridgehead atoms. The fraction of sp³-hybridized carbons (Fsp3) is 0.640. The second kappa shape index (κ2) is 9.80. The minimum absolute atomic E-state index is 0.0151. The lowest BCUT2D eigenvalue weighted by Crippen LogP contribution is -2.48. The minimum atomic E-state index is -0.556. The molecule has 7 heteroatoms. The van der Waals surface area contributed by atoms with Crippen LogP contribution < -0.4 is 0 Å². The largest absolute Gasteiger partial charge is 0.488 e. The van der Waals surface area contributed by atoms with Crippen molar-refractivity contribution in [3.8, 4) is 0 Å². The van der Waals surface area contributed by atoms with Crippen molar-refractivity contribution >= 4 is 17.8 Å². The number of allylic oxidation sites excluding steroid dienone is 5. The van der Waals surface area contributed by atoms with E-state index in [4.69, 9.17) is 21.1 Å². The number of aliphatic hydroxyl groups excluding tert-OH is 1. The summed E-state index contributed by atoms with van der Waals surface area (Å²) in [7, 11) is 0. The summed E-state index contributed by atoms with van der Waals surface area (Å²) in [5.74, 6) is 0.285. The average molecular weight is 463 g/mol. The number of aliphatic imine (C=N–C) groups is 1. The van der Waals surface area contributed by atoms with Crippen molar-refractivity contribution < 1.29 is 19.0 Å². The molecular formula is C25H32ClFN2O3. The summed E-state index contributed by atoms with van der Waals surface area (Å²) < 4.78 is 26.6. The summed E-state index contributed by atoms with van der Waals surface area (Å²) >= 11 is 6.69. The third-order valence-corrected chi connectivity index (χ3v) is 7.78. The van der Waals surface area contributed by atoms with Crippen LogP contribution in [0.3, 0.4) is 0 Å². The number of hydrogen-bond donors (Lipinski definition) is 1. The molecule has 5 nitrogen and oxygen atoms in total. The SMILES string of the molecule is OC([C@H]1CCCO1)N1CCC(OC2=CCC(C3=C(Cl)C4N=CCCC4C=C3)C=C2F)CC1. The van der Waals surface area contributed by atoms with Gasteiger partial charge >= 0.3 is 0 Å². The highest BCUT2D eigenvalue weighted by atomic mass is 35.5. The highest BCUT2D eigenvalue weighted by Gasteiger charge is 2.34. The summed E-state index contributed by atoms with van der Waals surface area (Å²) in [5, 5.41) is 11.3. The van der Waals surface area contributed by atoms with E-state index in [-0.39, 0.29) is 30.0 Å². The molecule has 0 aromatic carbocycles. The molecule has 32 heavy (non-hydrogen) atoms. The first-order valence-electron chi connectivity index (χ1n) is 12.0. The van der Waals surface area contributed by atoms with Crippen LogP contribution in [0.5, 0.6) is 0 Å². The van der Waals surface area contributed by atoms with Gasteiger partial charge in [0.2, 0.25) is 0 Å². The number of nitrogens with zero attached hydrogens (tertiary/aromatic N) is 2. The van der Waals surface area contributed by atoms with Crippen molar-refractivity contribution in [2.75, 3.05) is 19.7 Å². The number of aliphatic hydroxyl groups is 1. The highest BCUT2D eigenvalue weighted by molar-refractivity contribution is 6.31. The van der Waals surface area contributed by atoms with Gasteiger partial charge in [-0.2, -0.15) is 0 Å². The van der Waals surface area contributed by atoms with Crippen molar-refractivity contribution in [2.45, 2.75) is 69.4 Å². The predicted molar refractivity (Wildman–Crippen MR) is 123 cm³/mol. The molecule has 0 amide bonds. The van der Waals surface area contributed by atoms with E-state index in [9.17, 15) is 9.50 Å². The summed E-state index contributed by atoms with van der Waals surface area (Å²) in [4.78, 5) is 6.64. The Hall–Kier alpha value is -1.47. The highest BCUT2D eigenvalue weighted by Crippen LogP contribution is 2.40. The van der Waals surface area contributed by atoms with Gasteiger partial charge < -0.3 is 14.6 Å². The van der Waals surface area contributed by atoms with Crippen molar-refractivity contribution in [3.63, 3.8) is 0 Å². The fourth-order valence-electron chi connectivity index (χ4n) is 5.45. The van der Waals surface area contributed by atoms with Crippen LogP contribution in [0.25, 0.3) is 0 Å². The van der Waals surface area contributed by atoms with E-state index in [1.54, 1.807) is 6.08 Å². The smallest absolute Gasteiger partial charge is 0.161 e. The van der Waals surface area contributed by atoms with Gasteiger partial charge in [-0.25, -0.2) is 4.39 Å². The van der Waals surface area contributed by atoms with Gasteiger partial charge in [0.25, 0.3) is 0 Å². The normalized spacial score (nSPS) is 34.8. The van der Waals surface area contributed by atoms with Crippen LogP contribution >= 0.6 is 11.6 Å². The zero-order valence-corrected chi connectivity index (χ0v) is 19.1. The molecule has 5 atom stereocenters. The molecule has 2 aliphatic carbocycles. The zero-order chi connectivity index (χ0) is 22.1. The van der Waals surface area contributed by atoms with Gasteiger partial charge in [0.15, 0.2) is 11.6 Å². The van der Waals surface area contributed by atoms with Crippen molar-refractivity contribution in [1.82, 2.24) is 4.90 Å². The van der Waals surface area contributed by atoms with Gasteiger partial charge in [0, 0.05) is 36.6 Å². The average Bonchev–Trinajstić information content (AvgIpc) is 3.36. The molecule has 5 aliphatic rings. The van der Waals surface area contributed by atoms with Crippen LogP contribution in [0.2, 0.25) is 0 Å². The Morgan fingerprint density at radius 1 is 1.25 bits per heavy atom. The number of rotatable bonds is 5. The topological polar surface area (TPSA) is 54.3 Å². The number of likely N-dealkylation sites (tertiary alicyclic amines) is 1. The van der Waals surface area contributed by atoms with E-state index in [0.717, 1.165) is 68.8 Å². The molecule has 0 radical (unpaired) electrons. The first-order valence-corrected chi connectivity index (χ1v) is 12.4. The Bertz CT molecular complexity index is 853. The Labute approximate surface area is 194 Å². The predicted octanol–water partition coefficient (Wildman–Crippen LogP) is 4.63. The maximum Gasteiger partial charge on any atom is 0.161 e. The first kappa shape index (κ1) is 22.3. The summed E-state index contributed by atoms with van der Waals surface area (Å²) in [6.07, 6.45) is 15.2. The van der Waals surface area contributed by atoms with Crippen LogP contribution in [0.15, 0.2) is 51.5 Å². The van der Waals surface area contributed by atoms with Gasteiger partial charge in [-0.1, -0.05) is 23.8 Å². The third-order valence-electron chi connectivity index (χ3n) is 7.34. The van der Waals surface area contributed by atoms with Crippen LogP contribution in [0, 0.1) is 11.8 Å². The minimum Gasteiger partial charge on any atom is -0.488 e. The molecule has 174 valence electrons. The van der Waals surface area contributed by atoms with Gasteiger partial charge in [0.1, 0.15) is 12.3 Å². The van der Waals surface area contributed by atoms with Crippen molar-refractivity contribution in [3.05, 3.63) is 46.5 Å². The molecule has 0 aromatic rings. The number of piperidine rings is 1. The second-order valence-corrected chi connectivity index (χ2v) is 9.83. The summed E-state index contributed by atoms with van der Waals surface area (Å²) in [6, 6.07) is -0.0151. The monoisotopic (exact) mass is 462 g/mol. The first-order chi connectivity index (χ1) is 15.6. The van der Waals surface area contributed by atoms with E-state index < -0.39 is 6.23 Å². The molecule has 0 spiro atoms. The molecule has 1 N–H and O–H groups in total. The number of ether oxygens (including phenoxy) is 2. The van der Waals surface area contributed by atoms with E-state index >= 15 is 0 Å². The van der Waals surface area contributed by atoms with Gasteiger partial charge in [-0.15, -0.1) is 0 Å². The van der Waals surface area contributed by atoms with E-state index in [1.807, 2.05) is 12.3 Å². The maximum absolute atomic E-state index is 15.0. The Kier molecular flexibility index (Phi) is 6.84. The maximum atomic E-state index is 15.0. The molecule has 0 aromatic heterocycles. The third kappa shape index (κ3) is 4.60. The van der Waals surface area contributed by atoms with Crippen LogP contribution in [-0.4, -0.2) is 60.4 Å². The van der Waals surface area contributed by atoms with Gasteiger partial charge in [0.05, 0.1) is 12.1 Å². The van der Waals surface area contributed by atoms with Crippen molar-refractivity contribution in [1.29, 1.82) is 0 Å². The standard InChI is InChI=1S/C25H32ClFN2O3/c26-23-19(7-5-16-3-1-11-28-24(16)23)17-6-8-21(20(27)15-17)32-18-9-12-29(13-10-18)25(30)22-4-2-14-31-22/h5,7-8,11,15-18,22,24-25,30H,1-4,6,9-10,12-14H2/t16?,17?,22-,24?,25?/m1/s1. The number of halogens is 2. The van der Waals surface area contributed by atoms with Crippen LogP contribution in [-0.2, 0) is 9.47 Å². The molecule has 5 rings (SSSR count). The van der Waals surface area contributed by atoms with E-state index in [0.29, 0.717) is 18.1 Å². The lowest BCUT2D eigenvalue weighted by atomic mass is 9.81. The lowest BCUT2D eigenvalue weighted by Gasteiger charge is -2.37. The van der Waals surface area contributed by atoms with Crippen LogP contribution in [0.4, 0.5) is 4.39 Å². The molecule has 3 aliphatic heterocycles. The van der Waals surface area contributed by atoms with E-state index in [1.165, 1.54) is 0 Å². The Balaban J connectivity index is 1.16. The zero-order valence-electron chi connectivity index (χ0n) is 18.3. The van der Waals surface area contributed by atoms with Crippen molar-refractivity contribution in [2.24, 2.45) is 16.8 Å². The molecular weight excluding hydrogens is 431 g/mol. The quantitative estimate of drug-likeness (QED) is 0.647. The molecule has 3 heterocycles. The Morgan fingerprint density at radius 3 is 2.84 bits per heavy atom. The molecule has 2 saturated heterocycles. The second-order valence-electron chi connectivity index (χ2n) is 9.42. The molecule has 2 fully saturated rings. The summed E-state index contributed by atoms with van der Waals surface area (Å²) in [5.41, 5.74) is 0.967. The summed E-state index contributed by atoms with van der Waals surface area (Å²) in [6.45, 7) is 2.18.